The first-order valence-corrected chi connectivity index (χ1v) is 19.5. The zero-order valence-electron chi connectivity index (χ0n) is 33.7. The van der Waals surface area contributed by atoms with E-state index >= 15 is 0 Å². The van der Waals surface area contributed by atoms with Gasteiger partial charge >= 0.3 is 5.97 Å². The lowest BCUT2D eigenvalue weighted by Gasteiger charge is -2.31. The Balaban J connectivity index is 2.13. The summed E-state index contributed by atoms with van der Waals surface area (Å²) in [4.78, 5) is 118. The molecule has 19 heteroatoms. The lowest BCUT2D eigenvalue weighted by Crippen LogP contribution is -2.59. The third-order valence-corrected chi connectivity index (χ3v) is 9.77. The molecule has 316 valence electrons. The molecule has 0 saturated carbocycles. The van der Waals surface area contributed by atoms with E-state index in [2.05, 4.69) is 26.6 Å². The third-order valence-electron chi connectivity index (χ3n) is 9.77. The molecule has 0 unspecified atom stereocenters. The van der Waals surface area contributed by atoms with E-state index in [9.17, 15) is 43.2 Å². The third kappa shape index (κ3) is 14.4. The minimum atomic E-state index is -1.24. The van der Waals surface area contributed by atoms with Crippen LogP contribution in [-0.2, 0) is 43.2 Å². The fourth-order valence-corrected chi connectivity index (χ4v) is 6.87. The van der Waals surface area contributed by atoms with Crippen molar-refractivity contribution < 1.29 is 48.3 Å². The summed E-state index contributed by atoms with van der Waals surface area (Å²) in [5.74, 6) is -6.44. The fraction of sp³-hybridized carbons (Fsp3) is 0.757. The maximum atomic E-state index is 13.7. The molecule has 2 fully saturated rings. The maximum Gasteiger partial charge on any atom is 0.322 e. The Bertz CT molecular complexity index is 1460. The molecule has 0 bridgehead atoms. The van der Waals surface area contributed by atoms with E-state index in [1.165, 1.54) is 16.7 Å². The number of hydrogen-bond acceptors (Lipinski definition) is 10. The van der Waals surface area contributed by atoms with Crippen molar-refractivity contribution in [2.45, 2.75) is 142 Å². The Labute approximate surface area is 328 Å². The second-order valence-electron chi connectivity index (χ2n) is 15.9. The Morgan fingerprint density at radius 1 is 0.679 bits per heavy atom. The van der Waals surface area contributed by atoms with E-state index < -0.39 is 108 Å². The molecule has 10 N–H and O–H groups in total. The van der Waals surface area contributed by atoms with Gasteiger partial charge in [-0.05, 0) is 69.6 Å². The highest BCUT2D eigenvalue weighted by Crippen LogP contribution is 2.22. The van der Waals surface area contributed by atoms with E-state index in [1.807, 2.05) is 27.7 Å². The van der Waals surface area contributed by atoms with E-state index in [4.69, 9.17) is 16.6 Å². The smallest absolute Gasteiger partial charge is 0.322 e. The second kappa shape index (κ2) is 22.1. The molecule has 0 radical (unpaired) electrons. The predicted octanol–water partition coefficient (Wildman–Crippen LogP) is -1.53. The maximum absolute atomic E-state index is 13.7. The summed E-state index contributed by atoms with van der Waals surface area (Å²) < 4.78 is 0. The van der Waals surface area contributed by atoms with Gasteiger partial charge in [-0.1, -0.05) is 41.5 Å². The van der Waals surface area contributed by atoms with Crippen molar-refractivity contribution in [2.24, 2.45) is 29.2 Å². The highest BCUT2D eigenvalue weighted by molar-refractivity contribution is 5.97. The average Bonchev–Trinajstić information content (AvgIpc) is 3.81. The molecule has 2 aliphatic heterocycles. The number of rotatable bonds is 21. The summed E-state index contributed by atoms with van der Waals surface area (Å²) >= 11 is 0. The number of amides is 8. The van der Waals surface area contributed by atoms with Crippen molar-refractivity contribution in [3.63, 3.8) is 0 Å². The number of nitrogens with two attached hydrogens (primary N) is 2. The summed E-state index contributed by atoms with van der Waals surface area (Å²) in [6.45, 7) is 12.1. The van der Waals surface area contributed by atoms with Gasteiger partial charge in [0.1, 0.15) is 42.8 Å². The summed E-state index contributed by atoms with van der Waals surface area (Å²) in [6, 6.07) is -7.12. The van der Waals surface area contributed by atoms with Crippen LogP contribution in [0.4, 0.5) is 0 Å². The number of likely N-dealkylation sites (tertiary alicyclic amines) is 2. The highest BCUT2D eigenvalue weighted by Gasteiger charge is 2.40. The van der Waals surface area contributed by atoms with Gasteiger partial charge in [-0.3, -0.25) is 43.2 Å². The van der Waals surface area contributed by atoms with Gasteiger partial charge in [0, 0.05) is 19.5 Å². The Hall–Kier alpha value is -4.81. The Kier molecular flexibility index (Phi) is 18.7. The van der Waals surface area contributed by atoms with Crippen LogP contribution in [0.1, 0.15) is 99.8 Å². The number of hydrogen-bond donors (Lipinski definition) is 8. The minimum Gasteiger partial charge on any atom is -0.480 e. The van der Waals surface area contributed by atoms with Crippen molar-refractivity contribution in [1.29, 1.82) is 0 Å². The topological polar surface area (TPSA) is 293 Å². The van der Waals surface area contributed by atoms with E-state index in [1.54, 1.807) is 13.8 Å². The number of carboxylic acid groups (broad SMARTS) is 1. The van der Waals surface area contributed by atoms with Gasteiger partial charge in [0.25, 0.3) is 0 Å². The first kappa shape index (κ1) is 47.3. The van der Waals surface area contributed by atoms with Crippen molar-refractivity contribution in [2.75, 3.05) is 19.6 Å². The Morgan fingerprint density at radius 2 is 1.14 bits per heavy atom. The molecular formula is C37H63N9O10. The number of carbonyl (C=O) groups excluding carboxylic acids is 8. The van der Waals surface area contributed by atoms with Crippen LogP contribution in [0.15, 0.2) is 0 Å². The van der Waals surface area contributed by atoms with Gasteiger partial charge in [-0.15, -0.1) is 0 Å². The number of carbonyl (C=O) groups is 9. The molecule has 0 aromatic heterocycles. The number of primary amides is 1. The van der Waals surface area contributed by atoms with Gasteiger partial charge in [-0.25, -0.2) is 0 Å². The van der Waals surface area contributed by atoms with Crippen molar-refractivity contribution in [1.82, 2.24) is 36.4 Å². The van der Waals surface area contributed by atoms with Crippen LogP contribution in [0.25, 0.3) is 0 Å². The summed E-state index contributed by atoms with van der Waals surface area (Å²) in [7, 11) is 0. The monoisotopic (exact) mass is 793 g/mol. The molecule has 2 heterocycles. The number of aliphatic carboxylic acids is 1. The number of carboxylic acids is 1. The molecule has 0 aromatic carbocycles. The van der Waals surface area contributed by atoms with Gasteiger partial charge in [0.15, 0.2) is 0 Å². The molecule has 2 saturated heterocycles. The SMILES string of the molecule is CC(C)C[C@H](NC(=O)[C@@H]1CCCN1C(=O)[C@H](C)NC(=O)[C@H](CC(C)C)NC(=O)[C@@H]1CCCN1C(=O)[C@@H](N)CCC(N)=O)C(=O)N[C@H](C(=O)NCC(=O)O)C(C)C. The lowest BCUT2D eigenvalue weighted by molar-refractivity contribution is -0.143. The van der Waals surface area contributed by atoms with E-state index in [0.29, 0.717) is 25.7 Å². The summed E-state index contributed by atoms with van der Waals surface area (Å²) in [5, 5.41) is 22.0. The van der Waals surface area contributed by atoms with Crippen LogP contribution in [-0.4, -0.2) is 130 Å². The van der Waals surface area contributed by atoms with Crippen LogP contribution in [0.2, 0.25) is 0 Å². The molecule has 19 nitrogen and oxygen atoms in total. The van der Waals surface area contributed by atoms with Gasteiger partial charge in [0.2, 0.25) is 47.3 Å². The average molecular weight is 794 g/mol. The van der Waals surface area contributed by atoms with Crippen LogP contribution >= 0.6 is 0 Å². The van der Waals surface area contributed by atoms with Crippen LogP contribution in [0.5, 0.6) is 0 Å². The summed E-state index contributed by atoms with van der Waals surface area (Å²) in [6.07, 6.45) is 2.07. The normalized spacial score (nSPS) is 19.5. The predicted molar refractivity (Wildman–Crippen MR) is 204 cm³/mol. The molecule has 8 amide bonds. The first-order chi connectivity index (χ1) is 26.1. The minimum absolute atomic E-state index is 0.0348. The Morgan fingerprint density at radius 3 is 1.57 bits per heavy atom. The van der Waals surface area contributed by atoms with E-state index in [0.717, 1.165) is 0 Å². The van der Waals surface area contributed by atoms with Gasteiger partial charge < -0.3 is 53.0 Å². The molecule has 7 atom stereocenters. The molecule has 2 rings (SSSR count). The zero-order valence-corrected chi connectivity index (χ0v) is 33.7. The lowest BCUT2D eigenvalue weighted by atomic mass is 9.99. The van der Waals surface area contributed by atoms with Crippen molar-refractivity contribution >= 4 is 53.2 Å². The molecule has 0 spiro atoms. The van der Waals surface area contributed by atoms with Crippen LogP contribution in [0, 0.1) is 17.8 Å². The molecule has 0 aromatic rings. The molecule has 2 aliphatic rings. The number of nitrogens with zero attached hydrogens (tertiary/aromatic N) is 2. The first-order valence-electron chi connectivity index (χ1n) is 19.5. The summed E-state index contributed by atoms with van der Waals surface area (Å²) in [5.41, 5.74) is 11.2. The standard InChI is InChI=1S/C37H63N9O10/c1-19(2)16-24(42-34(53)27-11-9-15-46(27)37(56)23(38)12-13-28(39)47)31(50)41-22(7)36(55)45-14-8-10-26(45)33(52)43-25(17-20(3)4)32(51)44-30(21(5)6)35(54)40-18-29(48)49/h19-27,30H,8-18,38H2,1-7H3,(H2,39,47)(H,40,54)(H,41,50)(H,42,53)(H,43,52)(H,44,51)(H,48,49)/t22-,23-,24-,25-,26-,27-,30-/m0/s1. The molecule has 56 heavy (non-hydrogen) atoms. The fourth-order valence-electron chi connectivity index (χ4n) is 6.87. The second-order valence-corrected chi connectivity index (χ2v) is 15.9. The number of nitrogens with one attached hydrogen (secondary N) is 5. The van der Waals surface area contributed by atoms with Crippen LogP contribution in [0.3, 0.4) is 0 Å². The highest BCUT2D eigenvalue weighted by atomic mass is 16.4. The molecular weight excluding hydrogens is 730 g/mol. The largest absolute Gasteiger partial charge is 0.480 e. The zero-order chi connectivity index (χ0) is 42.4. The molecule has 0 aliphatic carbocycles. The van der Waals surface area contributed by atoms with Gasteiger partial charge in [0.05, 0.1) is 6.04 Å². The van der Waals surface area contributed by atoms with Gasteiger partial charge in [-0.2, -0.15) is 0 Å². The van der Waals surface area contributed by atoms with Crippen molar-refractivity contribution in [3.05, 3.63) is 0 Å². The quantitative estimate of drug-likeness (QED) is 0.0660. The van der Waals surface area contributed by atoms with Crippen molar-refractivity contribution in [3.8, 4) is 0 Å². The van der Waals surface area contributed by atoms with E-state index in [-0.39, 0.29) is 50.6 Å². The van der Waals surface area contributed by atoms with Crippen LogP contribution < -0.4 is 38.1 Å².